The standard InChI is InChI=1S/C16H15ClN2O/c17-13-2-1-3-15-12(13)8-9-14(19-15)10-4-6-11(7-5-10)16(18)20/h1-7,14,19H,8-9H2,(H2,18,20). The van der Waals surface area contributed by atoms with Gasteiger partial charge in [-0.15, -0.1) is 0 Å². The molecule has 3 N–H and O–H groups in total. The molecule has 3 rings (SSSR count). The molecule has 1 atom stereocenters. The Morgan fingerprint density at radius 2 is 1.95 bits per heavy atom. The number of hydrogen-bond donors (Lipinski definition) is 2. The number of nitrogens with two attached hydrogens (primary N) is 1. The summed E-state index contributed by atoms with van der Waals surface area (Å²) < 4.78 is 0. The number of nitrogens with one attached hydrogen (secondary N) is 1. The molecule has 2 aromatic carbocycles. The highest BCUT2D eigenvalue weighted by atomic mass is 35.5. The zero-order valence-corrected chi connectivity index (χ0v) is 11.7. The van der Waals surface area contributed by atoms with Crippen molar-refractivity contribution in [3.8, 4) is 0 Å². The first-order valence-electron chi connectivity index (χ1n) is 6.59. The van der Waals surface area contributed by atoms with Gasteiger partial charge in [0.25, 0.3) is 0 Å². The number of rotatable bonds is 2. The van der Waals surface area contributed by atoms with Gasteiger partial charge in [0.05, 0.1) is 6.04 Å². The number of fused-ring (bicyclic) bond motifs is 1. The number of carbonyl (C=O) groups is 1. The Hall–Kier alpha value is -2.00. The highest BCUT2D eigenvalue weighted by molar-refractivity contribution is 6.31. The van der Waals surface area contributed by atoms with Gasteiger partial charge in [-0.2, -0.15) is 0 Å². The van der Waals surface area contributed by atoms with Gasteiger partial charge >= 0.3 is 0 Å². The first-order valence-corrected chi connectivity index (χ1v) is 6.96. The normalized spacial score (nSPS) is 17.1. The van der Waals surface area contributed by atoms with Crippen LogP contribution < -0.4 is 11.1 Å². The van der Waals surface area contributed by atoms with Crippen LogP contribution in [0.5, 0.6) is 0 Å². The van der Waals surface area contributed by atoms with E-state index in [1.54, 1.807) is 12.1 Å². The third-order valence-electron chi connectivity index (χ3n) is 3.73. The molecule has 1 unspecified atom stereocenters. The number of carbonyl (C=O) groups excluding carboxylic acids is 1. The van der Waals surface area contributed by atoms with E-state index < -0.39 is 5.91 Å². The van der Waals surface area contributed by atoms with Crippen LogP contribution in [-0.4, -0.2) is 5.91 Å². The molecule has 3 nitrogen and oxygen atoms in total. The zero-order valence-electron chi connectivity index (χ0n) is 10.9. The van der Waals surface area contributed by atoms with E-state index in [0.29, 0.717) is 5.56 Å². The van der Waals surface area contributed by atoms with E-state index in [9.17, 15) is 4.79 Å². The number of amides is 1. The van der Waals surface area contributed by atoms with Gasteiger partial charge in [0.2, 0.25) is 5.91 Å². The summed E-state index contributed by atoms with van der Waals surface area (Å²) in [4.78, 5) is 11.1. The lowest BCUT2D eigenvalue weighted by Gasteiger charge is -2.28. The van der Waals surface area contributed by atoms with Crippen LogP contribution in [0.25, 0.3) is 0 Å². The summed E-state index contributed by atoms with van der Waals surface area (Å²) in [6.07, 6.45) is 1.93. The van der Waals surface area contributed by atoms with Gasteiger partial charge in [-0.25, -0.2) is 0 Å². The second kappa shape index (κ2) is 5.17. The van der Waals surface area contributed by atoms with Crippen molar-refractivity contribution in [2.45, 2.75) is 18.9 Å². The lowest BCUT2D eigenvalue weighted by molar-refractivity contribution is 0.100. The Labute approximate surface area is 122 Å². The van der Waals surface area contributed by atoms with Crippen LogP contribution in [0.2, 0.25) is 5.02 Å². The van der Waals surface area contributed by atoms with Crippen molar-refractivity contribution in [1.29, 1.82) is 0 Å². The monoisotopic (exact) mass is 286 g/mol. The minimum atomic E-state index is -0.398. The summed E-state index contributed by atoms with van der Waals surface area (Å²) in [6.45, 7) is 0. The van der Waals surface area contributed by atoms with E-state index in [1.165, 1.54) is 5.56 Å². The molecular formula is C16H15ClN2O. The average molecular weight is 287 g/mol. The van der Waals surface area contributed by atoms with E-state index in [4.69, 9.17) is 17.3 Å². The molecule has 0 aromatic heterocycles. The zero-order chi connectivity index (χ0) is 14.1. The fourth-order valence-electron chi connectivity index (χ4n) is 2.63. The van der Waals surface area contributed by atoms with Gasteiger partial charge in [-0.3, -0.25) is 4.79 Å². The van der Waals surface area contributed by atoms with Gasteiger partial charge in [-0.05, 0) is 48.2 Å². The Morgan fingerprint density at radius 1 is 1.20 bits per heavy atom. The van der Waals surface area contributed by atoms with Crippen LogP contribution in [0.4, 0.5) is 5.69 Å². The quantitative estimate of drug-likeness (QED) is 0.887. The van der Waals surface area contributed by atoms with Crippen LogP contribution in [0, 0.1) is 0 Å². The number of halogens is 1. The van der Waals surface area contributed by atoms with Crippen molar-refractivity contribution in [2.75, 3.05) is 5.32 Å². The maximum atomic E-state index is 11.1. The fraction of sp³-hybridized carbons (Fsp3) is 0.188. The third-order valence-corrected chi connectivity index (χ3v) is 4.08. The predicted molar refractivity (Wildman–Crippen MR) is 81.1 cm³/mol. The molecule has 0 saturated carbocycles. The summed E-state index contributed by atoms with van der Waals surface area (Å²) in [6, 6.07) is 13.6. The third kappa shape index (κ3) is 2.37. The van der Waals surface area contributed by atoms with Crippen LogP contribution in [0.15, 0.2) is 42.5 Å². The van der Waals surface area contributed by atoms with E-state index in [2.05, 4.69) is 5.32 Å². The largest absolute Gasteiger partial charge is 0.378 e. The second-order valence-electron chi connectivity index (χ2n) is 4.99. The van der Waals surface area contributed by atoms with Crippen LogP contribution in [0.3, 0.4) is 0 Å². The summed E-state index contributed by atoms with van der Waals surface area (Å²) in [7, 11) is 0. The minimum absolute atomic E-state index is 0.239. The number of primary amides is 1. The lowest BCUT2D eigenvalue weighted by Crippen LogP contribution is -2.18. The predicted octanol–water partition coefficient (Wildman–Crippen LogP) is 3.54. The Bertz CT molecular complexity index is 652. The molecule has 2 aromatic rings. The molecule has 4 heteroatoms. The van der Waals surface area contributed by atoms with Crippen LogP contribution in [0.1, 0.15) is 33.9 Å². The molecule has 0 aliphatic carbocycles. The van der Waals surface area contributed by atoms with Crippen molar-refractivity contribution in [3.63, 3.8) is 0 Å². The van der Waals surface area contributed by atoms with Gasteiger partial charge in [0.1, 0.15) is 0 Å². The molecule has 1 aliphatic rings. The molecule has 0 saturated heterocycles. The van der Waals surface area contributed by atoms with E-state index in [-0.39, 0.29) is 6.04 Å². The molecule has 0 radical (unpaired) electrons. The summed E-state index contributed by atoms with van der Waals surface area (Å²) in [5.74, 6) is -0.398. The Morgan fingerprint density at radius 3 is 2.65 bits per heavy atom. The lowest BCUT2D eigenvalue weighted by atomic mass is 9.93. The van der Waals surface area contributed by atoms with E-state index in [0.717, 1.165) is 29.1 Å². The van der Waals surface area contributed by atoms with Gasteiger partial charge in [-0.1, -0.05) is 29.8 Å². The highest BCUT2D eigenvalue weighted by Gasteiger charge is 2.20. The molecule has 1 aliphatic heterocycles. The topological polar surface area (TPSA) is 55.1 Å². The van der Waals surface area contributed by atoms with Gasteiger partial charge in [0, 0.05) is 16.3 Å². The van der Waals surface area contributed by atoms with Crippen molar-refractivity contribution in [2.24, 2.45) is 5.73 Å². The summed E-state index contributed by atoms with van der Waals surface area (Å²) in [5.41, 5.74) is 9.21. The maximum Gasteiger partial charge on any atom is 0.248 e. The fourth-order valence-corrected chi connectivity index (χ4v) is 2.90. The first kappa shape index (κ1) is 13.0. The Kier molecular flexibility index (Phi) is 3.36. The first-order chi connectivity index (χ1) is 9.65. The van der Waals surface area contributed by atoms with E-state index in [1.807, 2.05) is 30.3 Å². The summed E-state index contributed by atoms with van der Waals surface area (Å²) >= 11 is 6.20. The van der Waals surface area contributed by atoms with Crippen molar-refractivity contribution < 1.29 is 4.79 Å². The molecule has 0 fully saturated rings. The highest BCUT2D eigenvalue weighted by Crippen LogP contribution is 2.36. The van der Waals surface area contributed by atoms with Crippen LogP contribution in [-0.2, 0) is 6.42 Å². The molecule has 0 spiro atoms. The minimum Gasteiger partial charge on any atom is -0.378 e. The number of hydrogen-bond acceptors (Lipinski definition) is 2. The molecular weight excluding hydrogens is 272 g/mol. The Balaban J connectivity index is 1.85. The van der Waals surface area contributed by atoms with Crippen molar-refractivity contribution in [3.05, 3.63) is 64.2 Å². The van der Waals surface area contributed by atoms with Crippen molar-refractivity contribution in [1.82, 2.24) is 0 Å². The van der Waals surface area contributed by atoms with Gasteiger partial charge < -0.3 is 11.1 Å². The smallest absolute Gasteiger partial charge is 0.248 e. The summed E-state index contributed by atoms with van der Waals surface area (Å²) in [5, 5.41) is 4.32. The van der Waals surface area contributed by atoms with Crippen LogP contribution >= 0.6 is 11.6 Å². The number of anilines is 1. The van der Waals surface area contributed by atoms with E-state index >= 15 is 0 Å². The average Bonchev–Trinajstić information content (AvgIpc) is 2.47. The van der Waals surface area contributed by atoms with Gasteiger partial charge in [0.15, 0.2) is 0 Å². The molecule has 1 heterocycles. The van der Waals surface area contributed by atoms with Crippen molar-refractivity contribution >= 4 is 23.2 Å². The second-order valence-corrected chi connectivity index (χ2v) is 5.40. The molecule has 20 heavy (non-hydrogen) atoms. The molecule has 0 bridgehead atoms. The maximum absolute atomic E-state index is 11.1. The number of benzene rings is 2. The molecule has 1 amide bonds. The molecule has 102 valence electrons. The SMILES string of the molecule is NC(=O)c1ccc(C2CCc3c(Cl)cccc3N2)cc1.